The maximum absolute atomic E-state index is 12.6. The van der Waals surface area contributed by atoms with Crippen molar-refractivity contribution < 1.29 is 52.3 Å². The molecular formula is C46H61N3O10P+. The van der Waals surface area contributed by atoms with E-state index in [1.807, 2.05) is 0 Å². The van der Waals surface area contributed by atoms with E-state index in [-0.39, 0.29) is 49.4 Å². The molecule has 2 aliphatic rings. The molecule has 3 aromatic rings. The molecule has 14 heteroatoms. The number of phosphoric acid groups is 1. The lowest BCUT2D eigenvalue weighted by Gasteiger charge is -2.27. The van der Waals surface area contributed by atoms with E-state index in [1.165, 1.54) is 46.8 Å². The highest BCUT2D eigenvalue weighted by Gasteiger charge is 2.44. The number of para-hydroxylation sites is 2. The number of ether oxygens (including phenoxy) is 2. The molecule has 0 saturated carbocycles. The van der Waals surface area contributed by atoms with Gasteiger partial charge in [0.2, 0.25) is 5.69 Å². The number of hydrogen-bond donors (Lipinski definition) is 3. The second kappa shape index (κ2) is 21.4. The minimum absolute atomic E-state index is 0.146. The van der Waals surface area contributed by atoms with E-state index in [0.29, 0.717) is 38.3 Å². The van der Waals surface area contributed by atoms with Gasteiger partial charge in [0.05, 0.1) is 45.1 Å². The van der Waals surface area contributed by atoms with Gasteiger partial charge in [0, 0.05) is 60.4 Å². The number of carbonyl (C=O) groups is 2. The number of phosphoric ester groups is 1. The highest BCUT2D eigenvalue weighted by molar-refractivity contribution is 7.54. The van der Waals surface area contributed by atoms with Crippen LogP contribution in [0.2, 0.25) is 0 Å². The van der Waals surface area contributed by atoms with E-state index in [0.717, 1.165) is 24.4 Å². The minimum atomic E-state index is -3.76. The van der Waals surface area contributed by atoms with Gasteiger partial charge in [0.25, 0.3) is 5.91 Å². The van der Waals surface area contributed by atoms with Gasteiger partial charge >= 0.3 is 14.1 Å². The van der Waals surface area contributed by atoms with Crippen LogP contribution >= 0.6 is 8.17 Å². The normalized spacial score (nSPS) is 16.7. The fourth-order valence-corrected chi connectivity index (χ4v) is 8.95. The van der Waals surface area contributed by atoms with Crippen LogP contribution in [0, 0.1) is 0 Å². The molecule has 1 amide bonds. The van der Waals surface area contributed by atoms with Crippen molar-refractivity contribution in [3.05, 3.63) is 113 Å². The molecule has 324 valence electrons. The van der Waals surface area contributed by atoms with E-state index in [9.17, 15) is 24.7 Å². The summed E-state index contributed by atoms with van der Waals surface area (Å²) in [6, 6.07) is 22.9. The molecule has 0 bridgehead atoms. The van der Waals surface area contributed by atoms with Crippen LogP contribution in [-0.2, 0) is 38.9 Å². The number of nitrogens with one attached hydrogen (secondary N) is 1. The van der Waals surface area contributed by atoms with Crippen molar-refractivity contribution in [1.82, 2.24) is 5.32 Å². The maximum atomic E-state index is 12.6. The molecule has 0 aliphatic carbocycles. The summed E-state index contributed by atoms with van der Waals surface area (Å²) < 4.78 is 29.7. The van der Waals surface area contributed by atoms with Gasteiger partial charge in [0.1, 0.15) is 6.54 Å². The molecule has 5 rings (SSSR count). The Labute approximate surface area is 354 Å². The van der Waals surface area contributed by atoms with Crippen LogP contribution in [0.4, 0.5) is 11.4 Å². The number of aliphatic hydroxyl groups is 1. The average molecular weight is 847 g/mol. The summed E-state index contributed by atoms with van der Waals surface area (Å²) in [5.74, 6) is -1.12. The summed E-state index contributed by atoms with van der Waals surface area (Å²) >= 11 is 0. The number of aliphatic hydroxyl groups excluding tert-OH is 1. The zero-order valence-electron chi connectivity index (χ0n) is 35.7. The van der Waals surface area contributed by atoms with Crippen molar-refractivity contribution >= 4 is 37.1 Å². The Kier molecular flexibility index (Phi) is 16.6. The Morgan fingerprint density at radius 2 is 1.52 bits per heavy atom. The number of amides is 1. The van der Waals surface area contributed by atoms with Gasteiger partial charge < -0.3 is 34.8 Å². The fraction of sp³-hybridized carbons (Fsp3) is 0.457. The molecule has 2 heterocycles. The van der Waals surface area contributed by atoms with Crippen molar-refractivity contribution in [2.24, 2.45) is 0 Å². The Hall–Kier alpha value is -4.46. The number of allylic oxidation sites excluding steroid dienone is 4. The number of unbranched alkanes of at least 4 members (excludes halogenated alkanes) is 1. The first-order valence-corrected chi connectivity index (χ1v) is 22.2. The predicted molar refractivity (Wildman–Crippen MR) is 232 cm³/mol. The summed E-state index contributed by atoms with van der Waals surface area (Å²) in [5.41, 5.74) is 7.06. The van der Waals surface area contributed by atoms with Crippen LogP contribution in [-0.4, -0.2) is 91.7 Å². The number of aliphatic carboxylic acids is 1. The van der Waals surface area contributed by atoms with E-state index in [1.54, 1.807) is 13.8 Å². The quantitative estimate of drug-likeness (QED) is 0.0487. The lowest BCUT2D eigenvalue weighted by Crippen LogP contribution is -2.32. The van der Waals surface area contributed by atoms with Crippen molar-refractivity contribution in [3.63, 3.8) is 0 Å². The topological polar surface area (TPSA) is 162 Å². The number of rotatable bonds is 24. The van der Waals surface area contributed by atoms with Gasteiger partial charge in [-0.3, -0.25) is 14.1 Å². The van der Waals surface area contributed by atoms with Crippen LogP contribution in [0.3, 0.4) is 0 Å². The molecule has 3 aromatic carbocycles. The van der Waals surface area contributed by atoms with Gasteiger partial charge in [0.15, 0.2) is 17.6 Å². The zero-order valence-corrected chi connectivity index (χ0v) is 36.6. The molecule has 1 atom stereocenters. The van der Waals surface area contributed by atoms with E-state index in [2.05, 4.69) is 109 Å². The zero-order chi connectivity index (χ0) is 43.3. The first-order chi connectivity index (χ1) is 28.7. The molecule has 13 nitrogen and oxygen atoms in total. The molecule has 1 unspecified atom stereocenters. The highest BCUT2D eigenvalue weighted by atomic mass is 31.2. The van der Waals surface area contributed by atoms with Crippen molar-refractivity contribution in [1.29, 1.82) is 0 Å². The van der Waals surface area contributed by atoms with Crippen LogP contribution < -0.4 is 19.6 Å². The van der Waals surface area contributed by atoms with Gasteiger partial charge in [-0.25, -0.2) is 0 Å². The molecule has 0 aromatic heterocycles. The molecule has 0 fully saturated rings. The van der Waals surface area contributed by atoms with Crippen LogP contribution in [0.15, 0.2) is 96.7 Å². The van der Waals surface area contributed by atoms with E-state index in [4.69, 9.17) is 23.0 Å². The molecule has 0 saturated heterocycles. The Morgan fingerprint density at radius 3 is 2.20 bits per heavy atom. The van der Waals surface area contributed by atoms with E-state index < -0.39 is 26.2 Å². The van der Waals surface area contributed by atoms with E-state index >= 15 is 0 Å². The highest BCUT2D eigenvalue weighted by Crippen LogP contribution is 2.53. The third-order valence-electron chi connectivity index (χ3n) is 10.7. The molecule has 0 radical (unpaired) electrons. The number of carboxylic acids is 1. The third-order valence-corrected chi connectivity index (χ3v) is 12.3. The van der Waals surface area contributed by atoms with Gasteiger partial charge in [-0.05, 0) is 69.5 Å². The number of carbonyl (C=O) groups excluding carboxylic acids is 1. The number of fused-ring (bicyclic) bond motifs is 2. The second-order valence-electron chi connectivity index (χ2n) is 15.6. The standard InChI is InChI=1S/C46H60N3O10P/c1-7-57-60(54,58-8-2)59-35-25-23-34(24-26-35)43(52)44(53)47-27-30-55-32-33-56-31-29-49-39-19-12-10-17-37(39)46(5,6)41(49)21-15-20-40-45(3,4)36-16-9-11-18-38(36)48(40)28-14-13-22-42(50)51/h9-12,15-21,23-26,43,52H,7-8,13-14,22,27-33H2,1-6H3,(H-,47,50,51,53)/p+1. The number of anilines is 1. The molecule has 0 spiro atoms. The van der Waals surface area contributed by atoms with Crippen LogP contribution in [0.25, 0.3) is 0 Å². The summed E-state index contributed by atoms with van der Waals surface area (Å²) in [5, 5.41) is 22.4. The van der Waals surface area contributed by atoms with Crippen LogP contribution in [0.1, 0.15) is 83.6 Å². The fourth-order valence-electron chi connectivity index (χ4n) is 7.76. The molecule has 60 heavy (non-hydrogen) atoms. The summed E-state index contributed by atoms with van der Waals surface area (Å²) in [7, 11) is -3.76. The number of carboxylic acid groups (broad SMARTS) is 1. The number of hydrogen-bond acceptors (Lipinski definition) is 10. The lowest BCUT2D eigenvalue weighted by atomic mass is 9.81. The van der Waals surface area contributed by atoms with Crippen LogP contribution in [0.5, 0.6) is 5.75 Å². The first-order valence-electron chi connectivity index (χ1n) is 20.8. The van der Waals surface area contributed by atoms with Crippen molar-refractivity contribution in [3.8, 4) is 5.75 Å². The Balaban J connectivity index is 1.11. The van der Waals surface area contributed by atoms with Gasteiger partial charge in [-0.1, -0.05) is 68.5 Å². The smallest absolute Gasteiger partial charge is 0.429 e. The average Bonchev–Trinajstić information content (AvgIpc) is 3.57. The summed E-state index contributed by atoms with van der Waals surface area (Å²) in [6.45, 7) is 15.6. The predicted octanol–water partition coefficient (Wildman–Crippen LogP) is 6.93. The third kappa shape index (κ3) is 11.5. The van der Waals surface area contributed by atoms with Gasteiger partial charge in [-0.2, -0.15) is 13.6 Å². The van der Waals surface area contributed by atoms with Crippen molar-refractivity contribution in [2.75, 3.05) is 64.2 Å². The molecular weight excluding hydrogens is 785 g/mol. The minimum Gasteiger partial charge on any atom is -0.598 e. The van der Waals surface area contributed by atoms with Gasteiger partial charge in [-0.15, -0.1) is 0 Å². The number of benzene rings is 3. The molecule has 2 aliphatic heterocycles. The molecule has 3 N–H and O–H groups in total. The number of nitrogens with zero attached hydrogens (tertiary/aromatic N) is 2. The monoisotopic (exact) mass is 846 g/mol. The summed E-state index contributed by atoms with van der Waals surface area (Å²) in [4.78, 5) is 38.7. The Morgan fingerprint density at radius 1 is 0.867 bits per heavy atom. The summed E-state index contributed by atoms with van der Waals surface area (Å²) in [6.07, 6.45) is 6.73. The first kappa shape index (κ1) is 46.6. The SMILES string of the molecule is CCO[P+]([O-])(OCC)Oc1ccc(C(O)C(=O)NCCOCCOCCN2C(=CC=CC3=[N+](CCCCC(=O)O)c4ccccc4C3(C)C)C(C)(C)c3ccccc32)cc1. The largest absolute Gasteiger partial charge is 0.598 e. The maximum Gasteiger partial charge on any atom is 0.429 e. The second-order valence-corrected chi connectivity index (χ2v) is 17.2. The van der Waals surface area contributed by atoms with Crippen molar-refractivity contribution in [2.45, 2.75) is 77.7 Å². The Bertz CT molecular complexity index is 2010. The lowest BCUT2D eigenvalue weighted by molar-refractivity contribution is -0.438.